The third-order valence-corrected chi connectivity index (χ3v) is 4.95. The van der Waals surface area contributed by atoms with Gasteiger partial charge in [-0.25, -0.2) is 0 Å². The molecular weight excluding hydrogens is 353 g/mol. The molecule has 0 radical (unpaired) electrons. The highest BCUT2D eigenvalue weighted by molar-refractivity contribution is 5.86. The molecule has 1 aromatic carbocycles. The SMILES string of the molecule is CN1CCCc2c(c3ccccc3n2CCc2ccncc2)C1.Cl.Cl. The molecule has 134 valence electrons. The summed E-state index contributed by atoms with van der Waals surface area (Å²) in [5.41, 5.74) is 5.83. The number of para-hydroxylation sites is 1. The molecule has 0 aliphatic carbocycles. The number of hydrogen-bond acceptors (Lipinski definition) is 2. The van der Waals surface area contributed by atoms with Crippen LogP contribution < -0.4 is 0 Å². The molecule has 0 bridgehead atoms. The number of pyridine rings is 1. The van der Waals surface area contributed by atoms with Crippen LogP contribution in [0.25, 0.3) is 10.9 Å². The largest absolute Gasteiger partial charge is 0.344 e. The fourth-order valence-electron chi connectivity index (χ4n) is 3.80. The zero-order valence-electron chi connectivity index (χ0n) is 14.5. The van der Waals surface area contributed by atoms with E-state index in [1.54, 1.807) is 5.69 Å². The van der Waals surface area contributed by atoms with Crippen LogP contribution in [-0.4, -0.2) is 28.0 Å². The molecule has 5 heteroatoms. The van der Waals surface area contributed by atoms with Crippen molar-refractivity contribution in [3.8, 4) is 0 Å². The Morgan fingerprint density at radius 1 is 1.04 bits per heavy atom. The molecule has 1 aliphatic heterocycles. The second-order valence-electron chi connectivity index (χ2n) is 6.54. The summed E-state index contributed by atoms with van der Waals surface area (Å²) in [5.74, 6) is 0. The highest BCUT2D eigenvalue weighted by atomic mass is 35.5. The van der Waals surface area contributed by atoms with Gasteiger partial charge in [0.2, 0.25) is 0 Å². The summed E-state index contributed by atoms with van der Waals surface area (Å²) in [6.07, 6.45) is 7.26. The Labute approximate surface area is 161 Å². The smallest absolute Gasteiger partial charge is 0.0485 e. The average Bonchev–Trinajstić information content (AvgIpc) is 2.73. The van der Waals surface area contributed by atoms with Crippen molar-refractivity contribution < 1.29 is 0 Å². The zero-order valence-corrected chi connectivity index (χ0v) is 16.2. The molecular formula is C20H25Cl2N3. The topological polar surface area (TPSA) is 21.1 Å². The maximum absolute atomic E-state index is 4.12. The number of aryl methyl sites for hydroxylation is 2. The Balaban J connectivity index is 0.00000113. The van der Waals surface area contributed by atoms with Gasteiger partial charge in [0.1, 0.15) is 0 Å². The lowest BCUT2D eigenvalue weighted by Gasteiger charge is -2.12. The molecule has 3 nitrogen and oxygen atoms in total. The fraction of sp³-hybridized carbons (Fsp3) is 0.350. The summed E-state index contributed by atoms with van der Waals surface area (Å²) in [4.78, 5) is 6.57. The van der Waals surface area contributed by atoms with Crippen LogP contribution in [0.15, 0.2) is 48.8 Å². The fourth-order valence-corrected chi connectivity index (χ4v) is 3.80. The molecule has 0 saturated carbocycles. The second kappa shape index (κ2) is 8.70. The lowest BCUT2D eigenvalue weighted by molar-refractivity contribution is 0.333. The van der Waals surface area contributed by atoms with E-state index in [9.17, 15) is 0 Å². The van der Waals surface area contributed by atoms with E-state index < -0.39 is 0 Å². The summed E-state index contributed by atoms with van der Waals surface area (Å²) in [6.45, 7) is 3.30. The van der Waals surface area contributed by atoms with E-state index in [-0.39, 0.29) is 24.8 Å². The Kier molecular flexibility index (Phi) is 6.88. The first kappa shape index (κ1) is 19.8. The minimum absolute atomic E-state index is 0. The van der Waals surface area contributed by atoms with E-state index in [0.29, 0.717) is 0 Å². The van der Waals surface area contributed by atoms with Gasteiger partial charge in [0.05, 0.1) is 0 Å². The Bertz CT molecular complexity index is 814. The van der Waals surface area contributed by atoms with Crippen LogP contribution in [0.1, 0.15) is 23.2 Å². The lowest BCUT2D eigenvalue weighted by atomic mass is 10.1. The predicted molar refractivity (Wildman–Crippen MR) is 109 cm³/mol. The third kappa shape index (κ3) is 4.00. The van der Waals surface area contributed by atoms with Gasteiger partial charge >= 0.3 is 0 Å². The first-order valence-electron chi connectivity index (χ1n) is 8.49. The molecule has 25 heavy (non-hydrogen) atoms. The molecule has 0 saturated heterocycles. The van der Waals surface area contributed by atoms with Crippen molar-refractivity contribution in [1.29, 1.82) is 0 Å². The molecule has 0 unspecified atom stereocenters. The summed E-state index contributed by atoms with van der Waals surface area (Å²) < 4.78 is 2.56. The van der Waals surface area contributed by atoms with Gasteiger partial charge in [-0.1, -0.05) is 18.2 Å². The molecule has 0 spiro atoms. The van der Waals surface area contributed by atoms with E-state index in [1.807, 2.05) is 12.4 Å². The van der Waals surface area contributed by atoms with Crippen LogP contribution in [0, 0.1) is 0 Å². The van der Waals surface area contributed by atoms with Gasteiger partial charge < -0.3 is 9.47 Å². The van der Waals surface area contributed by atoms with E-state index in [1.165, 1.54) is 41.4 Å². The van der Waals surface area contributed by atoms with Crippen molar-refractivity contribution in [3.63, 3.8) is 0 Å². The van der Waals surface area contributed by atoms with Crippen molar-refractivity contribution >= 4 is 35.7 Å². The zero-order chi connectivity index (χ0) is 15.6. The predicted octanol–water partition coefficient (Wildman–Crippen LogP) is 4.50. The van der Waals surface area contributed by atoms with Crippen LogP contribution in [-0.2, 0) is 25.9 Å². The highest BCUT2D eigenvalue weighted by Crippen LogP contribution is 2.30. The summed E-state index contributed by atoms with van der Waals surface area (Å²) in [7, 11) is 2.23. The van der Waals surface area contributed by atoms with Crippen LogP contribution in [0.2, 0.25) is 0 Å². The number of fused-ring (bicyclic) bond motifs is 3. The summed E-state index contributed by atoms with van der Waals surface area (Å²) in [5, 5.41) is 1.44. The van der Waals surface area contributed by atoms with Crippen LogP contribution >= 0.6 is 24.8 Å². The summed E-state index contributed by atoms with van der Waals surface area (Å²) in [6, 6.07) is 13.1. The highest BCUT2D eigenvalue weighted by Gasteiger charge is 2.20. The van der Waals surface area contributed by atoms with E-state index in [2.05, 4.69) is 57.9 Å². The van der Waals surface area contributed by atoms with E-state index in [4.69, 9.17) is 0 Å². The van der Waals surface area contributed by atoms with Crippen LogP contribution in [0.3, 0.4) is 0 Å². The van der Waals surface area contributed by atoms with Crippen molar-refractivity contribution in [2.75, 3.05) is 13.6 Å². The van der Waals surface area contributed by atoms with E-state index in [0.717, 1.165) is 19.5 Å². The first-order chi connectivity index (χ1) is 11.3. The standard InChI is InChI=1S/C20H23N3.2ClH/c1-22-13-4-7-20-18(15-22)17-5-2-3-6-19(17)23(20)14-10-16-8-11-21-12-9-16;;/h2-3,5-6,8-9,11-12H,4,7,10,13-15H2,1H3;2*1H. The molecule has 0 fully saturated rings. The number of nitrogens with zero attached hydrogens (tertiary/aromatic N) is 3. The number of hydrogen-bond donors (Lipinski definition) is 0. The van der Waals surface area contributed by atoms with Gasteiger partial charge in [0, 0.05) is 42.1 Å². The van der Waals surface area contributed by atoms with Gasteiger partial charge in [-0.3, -0.25) is 4.98 Å². The van der Waals surface area contributed by atoms with Crippen molar-refractivity contribution in [2.45, 2.75) is 32.4 Å². The van der Waals surface area contributed by atoms with E-state index >= 15 is 0 Å². The maximum Gasteiger partial charge on any atom is 0.0485 e. The average molecular weight is 378 g/mol. The van der Waals surface area contributed by atoms with Gasteiger partial charge in [0.25, 0.3) is 0 Å². The second-order valence-corrected chi connectivity index (χ2v) is 6.54. The van der Waals surface area contributed by atoms with Crippen LogP contribution in [0.5, 0.6) is 0 Å². The number of aromatic nitrogens is 2. The first-order valence-corrected chi connectivity index (χ1v) is 8.49. The van der Waals surface area contributed by atoms with Crippen molar-refractivity contribution in [1.82, 2.24) is 14.5 Å². The van der Waals surface area contributed by atoms with Crippen molar-refractivity contribution in [3.05, 3.63) is 65.6 Å². The molecule has 4 rings (SSSR count). The molecule has 3 heterocycles. The normalized spacial score (nSPS) is 14.3. The molecule has 3 aromatic rings. The number of halogens is 2. The lowest BCUT2D eigenvalue weighted by Crippen LogP contribution is -2.16. The number of benzene rings is 1. The van der Waals surface area contributed by atoms with Gasteiger partial charge in [-0.05, 0) is 62.2 Å². The summed E-state index contributed by atoms with van der Waals surface area (Å²) >= 11 is 0. The minimum Gasteiger partial charge on any atom is -0.344 e. The quantitative estimate of drug-likeness (QED) is 0.669. The maximum atomic E-state index is 4.12. The Hall–Kier alpha value is -1.55. The van der Waals surface area contributed by atoms with Crippen LogP contribution in [0.4, 0.5) is 0 Å². The monoisotopic (exact) mass is 377 g/mol. The molecule has 0 atom stereocenters. The molecule has 0 N–H and O–H groups in total. The Morgan fingerprint density at radius 2 is 1.80 bits per heavy atom. The molecule has 2 aromatic heterocycles. The molecule has 0 amide bonds. The molecule has 1 aliphatic rings. The third-order valence-electron chi connectivity index (χ3n) is 4.95. The van der Waals surface area contributed by atoms with Gasteiger partial charge in [-0.2, -0.15) is 0 Å². The van der Waals surface area contributed by atoms with Crippen molar-refractivity contribution in [2.24, 2.45) is 0 Å². The van der Waals surface area contributed by atoms with Gasteiger partial charge in [0.15, 0.2) is 0 Å². The van der Waals surface area contributed by atoms with Gasteiger partial charge in [-0.15, -0.1) is 24.8 Å². The Morgan fingerprint density at radius 3 is 2.60 bits per heavy atom. The minimum atomic E-state index is 0. The number of rotatable bonds is 3.